The van der Waals surface area contributed by atoms with Crippen molar-refractivity contribution in [1.82, 2.24) is 4.90 Å². The van der Waals surface area contributed by atoms with Gasteiger partial charge < -0.3 is 18.8 Å². The van der Waals surface area contributed by atoms with E-state index in [0.717, 1.165) is 45.4 Å². The van der Waals surface area contributed by atoms with E-state index in [1.54, 1.807) is 13.2 Å². The van der Waals surface area contributed by atoms with E-state index in [1.807, 2.05) is 4.90 Å². The Hall–Kier alpha value is -1.33. The van der Waals surface area contributed by atoms with Gasteiger partial charge in [-0.15, -0.1) is 0 Å². The van der Waals surface area contributed by atoms with E-state index in [9.17, 15) is 4.79 Å². The van der Waals surface area contributed by atoms with E-state index in [4.69, 9.17) is 13.9 Å². The summed E-state index contributed by atoms with van der Waals surface area (Å²) in [6, 6.07) is 1.71. The van der Waals surface area contributed by atoms with Crippen LogP contribution in [0.25, 0.3) is 0 Å². The summed E-state index contributed by atoms with van der Waals surface area (Å²) in [5.41, 5.74) is 0.534. The number of piperidine rings is 1. The lowest BCUT2D eigenvalue weighted by molar-refractivity contribution is -0.146. The van der Waals surface area contributed by atoms with Crippen LogP contribution in [0.2, 0.25) is 0 Å². The fourth-order valence-electron chi connectivity index (χ4n) is 3.22. The number of methoxy groups -OCH3 is 1. The van der Waals surface area contributed by atoms with Gasteiger partial charge in [0, 0.05) is 33.2 Å². The first-order chi connectivity index (χ1) is 9.72. The minimum Gasteiger partial charge on any atom is -0.472 e. The molecule has 0 bridgehead atoms. The summed E-state index contributed by atoms with van der Waals surface area (Å²) in [7, 11) is 1.77. The van der Waals surface area contributed by atoms with Crippen LogP contribution in [0.1, 0.15) is 36.0 Å². The van der Waals surface area contributed by atoms with Gasteiger partial charge in [0.2, 0.25) is 0 Å². The number of rotatable bonds is 2. The summed E-state index contributed by atoms with van der Waals surface area (Å²) in [6.45, 7) is 2.23. The number of amides is 1. The summed E-state index contributed by atoms with van der Waals surface area (Å²) in [5, 5.41) is 0. The van der Waals surface area contributed by atoms with Crippen molar-refractivity contribution in [2.45, 2.75) is 37.4 Å². The number of nitrogens with zero attached hydrogens (tertiary/aromatic N) is 1. The standard InChI is InChI=1S/C15H21NO4/c1-18-13-3-9-20-15(10-13)4-6-16(7-5-15)14(17)12-2-8-19-11-12/h2,8,11,13H,3-7,9-10H2,1H3. The third kappa shape index (κ3) is 2.60. The maximum absolute atomic E-state index is 12.3. The highest BCUT2D eigenvalue weighted by molar-refractivity contribution is 5.93. The fraction of sp³-hybridized carbons (Fsp3) is 0.667. The molecule has 1 aromatic heterocycles. The minimum absolute atomic E-state index is 0.0488. The summed E-state index contributed by atoms with van der Waals surface area (Å²) < 4.78 is 16.5. The van der Waals surface area contributed by atoms with Crippen LogP contribution in [0.4, 0.5) is 0 Å². The Bertz CT molecular complexity index is 448. The van der Waals surface area contributed by atoms with E-state index in [1.165, 1.54) is 12.5 Å². The van der Waals surface area contributed by atoms with Crippen LogP contribution >= 0.6 is 0 Å². The molecule has 0 N–H and O–H groups in total. The predicted octanol–water partition coefficient (Wildman–Crippen LogP) is 2.08. The maximum Gasteiger partial charge on any atom is 0.257 e. The van der Waals surface area contributed by atoms with Gasteiger partial charge in [0.25, 0.3) is 5.91 Å². The summed E-state index contributed by atoms with van der Waals surface area (Å²) in [6.07, 6.45) is 7.01. The Labute approximate surface area is 118 Å². The number of hydrogen-bond acceptors (Lipinski definition) is 4. The van der Waals surface area contributed by atoms with E-state index >= 15 is 0 Å². The molecule has 2 aliphatic heterocycles. The van der Waals surface area contributed by atoms with Crippen molar-refractivity contribution in [3.63, 3.8) is 0 Å². The van der Waals surface area contributed by atoms with Crippen LogP contribution in [0.15, 0.2) is 23.0 Å². The van der Waals surface area contributed by atoms with Crippen LogP contribution in [0.5, 0.6) is 0 Å². The molecule has 2 saturated heterocycles. The number of furan rings is 1. The van der Waals surface area contributed by atoms with Crippen molar-refractivity contribution < 1.29 is 18.7 Å². The first-order valence-corrected chi connectivity index (χ1v) is 7.21. The third-order valence-corrected chi connectivity index (χ3v) is 4.51. The lowest BCUT2D eigenvalue weighted by Gasteiger charge is -2.45. The lowest BCUT2D eigenvalue weighted by atomic mass is 9.83. The molecule has 5 heteroatoms. The van der Waals surface area contributed by atoms with E-state index in [0.29, 0.717) is 11.7 Å². The molecule has 3 heterocycles. The third-order valence-electron chi connectivity index (χ3n) is 4.51. The molecule has 3 rings (SSSR count). The zero-order valence-corrected chi connectivity index (χ0v) is 11.8. The van der Waals surface area contributed by atoms with Crippen molar-refractivity contribution in [2.24, 2.45) is 0 Å². The van der Waals surface area contributed by atoms with Gasteiger partial charge >= 0.3 is 0 Å². The lowest BCUT2D eigenvalue weighted by Crippen LogP contribution is -2.51. The second-order valence-corrected chi connectivity index (χ2v) is 5.69. The van der Waals surface area contributed by atoms with Crippen LogP contribution in [0, 0.1) is 0 Å². The Morgan fingerprint density at radius 1 is 1.45 bits per heavy atom. The molecule has 0 aromatic carbocycles. The molecule has 1 unspecified atom stereocenters. The van der Waals surface area contributed by atoms with E-state index in [2.05, 4.69) is 0 Å². The van der Waals surface area contributed by atoms with Crippen LogP contribution in [-0.4, -0.2) is 49.3 Å². The Kier molecular flexibility index (Phi) is 3.81. The minimum atomic E-state index is -0.0912. The summed E-state index contributed by atoms with van der Waals surface area (Å²) in [4.78, 5) is 14.1. The number of carbonyl (C=O) groups excluding carboxylic acids is 1. The van der Waals surface area contributed by atoms with Gasteiger partial charge in [-0.3, -0.25) is 4.79 Å². The largest absolute Gasteiger partial charge is 0.472 e. The average Bonchev–Trinajstić information content (AvgIpc) is 3.02. The molecule has 1 spiro atoms. The van der Waals surface area contributed by atoms with Crippen molar-refractivity contribution in [3.05, 3.63) is 24.2 Å². The molecule has 1 atom stereocenters. The number of hydrogen-bond donors (Lipinski definition) is 0. The molecule has 0 radical (unpaired) electrons. The molecular formula is C15H21NO4. The van der Waals surface area contributed by atoms with E-state index in [-0.39, 0.29) is 11.5 Å². The molecule has 20 heavy (non-hydrogen) atoms. The smallest absolute Gasteiger partial charge is 0.257 e. The highest BCUT2D eigenvalue weighted by atomic mass is 16.5. The highest BCUT2D eigenvalue weighted by Crippen LogP contribution is 2.36. The Morgan fingerprint density at radius 3 is 2.90 bits per heavy atom. The first-order valence-electron chi connectivity index (χ1n) is 7.21. The van der Waals surface area contributed by atoms with Crippen molar-refractivity contribution in [3.8, 4) is 0 Å². The van der Waals surface area contributed by atoms with Crippen molar-refractivity contribution >= 4 is 5.91 Å². The van der Waals surface area contributed by atoms with Gasteiger partial charge in [-0.25, -0.2) is 0 Å². The first kappa shape index (κ1) is 13.6. The predicted molar refractivity (Wildman–Crippen MR) is 72.6 cm³/mol. The second-order valence-electron chi connectivity index (χ2n) is 5.69. The van der Waals surface area contributed by atoms with Gasteiger partial charge in [-0.05, 0) is 25.3 Å². The van der Waals surface area contributed by atoms with E-state index < -0.39 is 0 Å². The zero-order valence-electron chi connectivity index (χ0n) is 11.8. The van der Waals surface area contributed by atoms with Crippen molar-refractivity contribution in [2.75, 3.05) is 26.8 Å². The molecular weight excluding hydrogens is 258 g/mol. The molecule has 0 saturated carbocycles. The van der Waals surface area contributed by atoms with Gasteiger partial charge in [0.05, 0.1) is 23.5 Å². The number of likely N-dealkylation sites (tertiary alicyclic amines) is 1. The molecule has 2 fully saturated rings. The maximum atomic E-state index is 12.3. The second kappa shape index (κ2) is 5.58. The molecule has 0 aliphatic carbocycles. The highest BCUT2D eigenvalue weighted by Gasteiger charge is 2.41. The Balaban J connectivity index is 1.60. The Morgan fingerprint density at radius 2 is 2.25 bits per heavy atom. The van der Waals surface area contributed by atoms with Gasteiger partial charge in [-0.1, -0.05) is 0 Å². The number of carbonyl (C=O) groups is 1. The van der Waals surface area contributed by atoms with Gasteiger partial charge in [0.15, 0.2) is 0 Å². The average molecular weight is 279 g/mol. The summed E-state index contributed by atoms with van der Waals surface area (Å²) >= 11 is 0. The van der Waals surface area contributed by atoms with Crippen LogP contribution in [-0.2, 0) is 9.47 Å². The van der Waals surface area contributed by atoms with Crippen molar-refractivity contribution in [1.29, 1.82) is 0 Å². The van der Waals surface area contributed by atoms with Gasteiger partial charge in [-0.2, -0.15) is 0 Å². The SMILES string of the molecule is COC1CCOC2(CCN(C(=O)c3ccoc3)CC2)C1. The molecule has 2 aliphatic rings. The topological polar surface area (TPSA) is 51.9 Å². The van der Waals surface area contributed by atoms with Crippen LogP contribution < -0.4 is 0 Å². The molecule has 1 aromatic rings. The van der Waals surface area contributed by atoms with Crippen LogP contribution in [0.3, 0.4) is 0 Å². The number of ether oxygens (including phenoxy) is 2. The normalized spacial score (nSPS) is 25.9. The molecule has 1 amide bonds. The fourth-order valence-corrected chi connectivity index (χ4v) is 3.22. The molecule has 110 valence electrons. The summed E-state index contributed by atoms with van der Waals surface area (Å²) in [5.74, 6) is 0.0488. The molecule has 5 nitrogen and oxygen atoms in total. The quantitative estimate of drug-likeness (QED) is 0.831. The zero-order chi connectivity index (χ0) is 14.0. The van der Waals surface area contributed by atoms with Gasteiger partial charge in [0.1, 0.15) is 6.26 Å². The monoisotopic (exact) mass is 279 g/mol.